The first kappa shape index (κ1) is 17.7. The lowest BCUT2D eigenvalue weighted by Gasteiger charge is -2.40. The van der Waals surface area contributed by atoms with E-state index < -0.39 is 0 Å². The molecule has 2 aromatic rings. The molecule has 4 rings (SSSR count). The maximum atomic E-state index is 13.2. The van der Waals surface area contributed by atoms with Crippen LogP contribution in [-0.2, 0) is 0 Å². The average Bonchev–Trinajstić information content (AvgIpc) is 2.67. The Hall–Kier alpha value is -2.69. The van der Waals surface area contributed by atoms with Crippen molar-refractivity contribution in [2.24, 2.45) is 0 Å². The second kappa shape index (κ2) is 7.14. The van der Waals surface area contributed by atoms with Crippen LogP contribution in [0.15, 0.2) is 47.6 Å². The first-order chi connectivity index (χ1) is 13.0. The lowest BCUT2D eigenvalue weighted by molar-refractivity contribution is 0.628. The molecule has 1 N–H and O–H groups in total. The summed E-state index contributed by atoms with van der Waals surface area (Å²) in [7, 11) is 0. The first-order valence-corrected chi connectivity index (χ1v) is 9.57. The molecule has 27 heavy (non-hydrogen) atoms. The summed E-state index contributed by atoms with van der Waals surface area (Å²) in [4.78, 5) is 11.8. The van der Waals surface area contributed by atoms with Crippen molar-refractivity contribution in [3.05, 3.63) is 64.6 Å². The highest BCUT2D eigenvalue weighted by molar-refractivity contribution is 5.60. The molecule has 5 heteroatoms. The number of rotatable bonds is 3. The zero-order valence-corrected chi connectivity index (χ0v) is 16.1. The van der Waals surface area contributed by atoms with E-state index in [1.165, 1.54) is 23.3 Å². The minimum atomic E-state index is -0.256. The number of anilines is 3. The van der Waals surface area contributed by atoms with Gasteiger partial charge in [-0.05, 0) is 75.4 Å². The van der Waals surface area contributed by atoms with Crippen LogP contribution in [-0.4, -0.2) is 22.6 Å². The summed E-state index contributed by atoms with van der Waals surface area (Å²) in [5.74, 6) is 1.27. The van der Waals surface area contributed by atoms with E-state index in [0.717, 1.165) is 48.6 Å². The standard InChI is InChI=1S/C22H25FN4/c1-14-15(2)24-22(25-19-10-8-18(23)9-11-19)26-21(14)27-13-12-17-6-4-5-7-20(17)16(27)3/h6-11,16H,4-5,12-13H2,1-3H3,(H,24,25,26). The minimum absolute atomic E-state index is 0.256. The fraction of sp³-hybridized carbons (Fsp3) is 0.364. The molecule has 1 atom stereocenters. The first-order valence-electron chi connectivity index (χ1n) is 9.57. The van der Waals surface area contributed by atoms with Gasteiger partial charge in [-0.15, -0.1) is 0 Å². The molecule has 0 bridgehead atoms. The lowest BCUT2D eigenvalue weighted by atomic mass is 9.86. The molecule has 0 amide bonds. The average molecular weight is 364 g/mol. The number of halogens is 1. The van der Waals surface area contributed by atoms with Gasteiger partial charge in [-0.25, -0.2) is 9.37 Å². The summed E-state index contributed by atoms with van der Waals surface area (Å²) in [6, 6.07) is 6.56. The van der Waals surface area contributed by atoms with Gasteiger partial charge in [0.2, 0.25) is 5.95 Å². The number of allylic oxidation sites excluding steroid dienone is 2. The van der Waals surface area contributed by atoms with E-state index in [9.17, 15) is 4.39 Å². The number of fused-ring (bicyclic) bond motifs is 1. The van der Waals surface area contributed by atoms with Gasteiger partial charge >= 0.3 is 0 Å². The molecule has 1 saturated heterocycles. The zero-order valence-electron chi connectivity index (χ0n) is 16.1. The second-order valence-corrected chi connectivity index (χ2v) is 7.30. The summed E-state index contributed by atoms with van der Waals surface area (Å²) in [6.45, 7) is 7.31. The van der Waals surface area contributed by atoms with Crippen molar-refractivity contribution in [3.63, 3.8) is 0 Å². The van der Waals surface area contributed by atoms with Crippen molar-refractivity contribution >= 4 is 17.5 Å². The predicted octanol–water partition coefficient (Wildman–Crippen LogP) is 5.22. The molecule has 2 aliphatic rings. The molecule has 1 aromatic heterocycles. The Morgan fingerprint density at radius 3 is 2.59 bits per heavy atom. The zero-order chi connectivity index (χ0) is 19.0. The normalized spacial score (nSPS) is 19.3. The topological polar surface area (TPSA) is 41.1 Å². The van der Waals surface area contributed by atoms with Crippen molar-refractivity contribution in [1.29, 1.82) is 0 Å². The summed E-state index contributed by atoms with van der Waals surface area (Å²) in [5.41, 5.74) is 5.78. The maximum Gasteiger partial charge on any atom is 0.229 e. The Morgan fingerprint density at radius 1 is 1.07 bits per heavy atom. The molecule has 0 radical (unpaired) electrons. The van der Waals surface area contributed by atoms with Gasteiger partial charge in [0, 0.05) is 23.5 Å². The molecule has 1 fully saturated rings. The van der Waals surface area contributed by atoms with E-state index >= 15 is 0 Å². The molecule has 1 unspecified atom stereocenters. The third-order valence-corrected chi connectivity index (χ3v) is 5.57. The highest BCUT2D eigenvalue weighted by atomic mass is 19.1. The highest BCUT2D eigenvalue weighted by Crippen LogP contribution is 2.36. The van der Waals surface area contributed by atoms with Crippen molar-refractivity contribution in [1.82, 2.24) is 9.97 Å². The van der Waals surface area contributed by atoms with Gasteiger partial charge in [-0.2, -0.15) is 4.98 Å². The summed E-state index contributed by atoms with van der Waals surface area (Å²) in [5, 5.41) is 3.21. The minimum Gasteiger partial charge on any atom is -0.349 e. The Bertz CT molecular complexity index is 915. The number of nitrogens with one attached hydrogen (secondary N) is 1. The number of aromatic nitrogens is 2. The van der Waals surface area contributed by atoms with Crippen LogP contribution in [0.25, 0.3) is 0 Å². The molecule has 140 valence electrons. The van der Waals surface area contributed by atoms with E-state index in [4.69, 9.17) is 4.98 Å². The summed E-state index contributed by atoms with van der Waals surface area (Å²) < 4.78 is 13.2. The van der Waals surface area contributed by atoms with E-state index in [1.807, 2.05) is 6.92 Å². The number of piperidine rings is 1. The fourth-order valence-corrected chi connectivity index (χ4v) is 3.93. The van der Waals surface area contributed by atoms with Gasteiger partial charge in [-0.1, -0.05) is 12.2 Å². The second-order valence-electron chi connectivity index (χ2n) is 7.30. The third kappa shape index (κ3) is 3.46. The van der Waals surface area contributed by atoms with Crippen LogP contribution in [0.2, 0.25) is 0 Å². The van der Waals surface area contributed by atoms with E-state index in [-0.39, 0.29) is 5.82 Å². The number of benzene rings is 1. The van der Waals surface area contributed by atoms with Crippen molar-refractivity contribution in [3.8, 4) is 0 Å². The molecule has 1 aliphatic carbocycles. The lowest BCUT2D eigenvalue weighted by Crippen LogP contribution is -2.41. The van der Waals surface area contributed by atoms with Gasteiger partial charge in [0.15, 0.2) is 0 Å². The quantitative estimate of drug-likeness (QED) is 0.810. The number of aryl methyl sites for hydroxylation is 1. The van der Waals surface area contributed by atoms with Crippen LogP contribution < -0.4 is 10.2 Å². The van der Waals surface area contributed by atoms with Crippen LogP contribution in [0.4, 0.5) is 21.8 Å². The SMILES string of the molecule is Cc1nc(Nc2ccc(F)cc2)nc(N2CCC3=CCCC=C3C2C)c1C. The Kier molecular flexibility index (Phi) is 4.68. The van der Waals surface area contributed by atoms with Crippen molar-refractivity contribution in [2.45, 2.75) is 46.1 Å². The maximum absolute atomic E-state index is 13.2. The van der Waals surface area contributed by atoms with Crippen LogP contribution in [0.1, 0.15) is 37.4 Å². The number of hydrogen-bond acceptors (Lipinski definition) is 4. The van der Waals surface area contributed by atoms with Crippen LogP contribution in [0.5, 0.6) is 0 Å². The smallest absolute Gasteiger partial charge is 0.229 e. The Balaban J connectivity index is 1.66. The Morgan fingerprint density at radius 2 is 1.81 bits per heavy atom. The molecule has 1 aliphatic heterocycles. The number of nitrogens with zero attached hydrogens (tertiary/aromatic N) is 3. The van der Waals surface area contributed by atoms with Crippen LogP contribution in [0.3, 0.4) is 0 Å². The fourth-order valence-electron chi connectivity index (χ4n) is 3.93. The highest BCUT2D eigenvalue weighted by Gasteiger charge is 2.29. The summed E-state index contributed by atoms with van der Waals surface area (Å²) in [6.07, 6.45) is 8.11. The molecule has 0 saturated carbocycles. The monoisotopic (exact) mass is 364 g/mol. The molecule has 2 heterocycles. The third-order valence-electron chi connectivity index (χ3n) is 5.57. The molecule has 1 aromatic carbocycles. The van der Waals surface area contributed by atoms with Crippen LogP contribution >= 0.6 is 0 Å². The molecule has 0 spiro atoms. The van der Waals surface area contributed by atoms with Crippen molar-refractivity contribution < 1.29 is 4.39 Å². The van der Waals surface area contributed by atoms with Gasteiger partial charge < -0.3 is 10.2 Å². The molecule has 4 nitrogen and oxygen atoms in total. The summed E-state index contributed by atoms with van der Waals surface area (Å²) >= 11 is 0. The van der Waals surface area contributed by atoms with E-state index in [2.05, 4.69) is 41.2 Å². The molecular formula is C22H25FN4. The van der Waals surface area contributed by atoms with Crippen molar-refractivity contribution in [2.75, 3.05) is 16.8 Å². The van der Waals surface area contributed by atoms with Gasteiger partial charge in [0.1, 0.15) is 11.6 Å². The predicted molar refractivity (Wildman–Crippen MR) is 108 cm³/mol. The molecular weight excluding hydrogens is 339 g/mol. The van der Waals surface area contributed by atoms with Gasteiger partial charge in [0.05, 0.1) is 6.04 Å². The van der Waals surface area contributed by atoms with Gasteiger partial charge in [-0.3, -0.25) is 0 Å². The van der Waals surface area contributed by atoms with Gasteiger partial charge in [0.25, 0.3) is 0 Å². The van der Waals surface area contributed by atoms with Crippen LogP contribution in [0, 0.1) is 19.7 Å². The van der Waals surface area contributed by atoms with E-state index in [1.54, 1.807) is 12.1 Å². The Labute approximate surface area is 159 Å². The number of hydrogen-bond donors (Lipinski definition) is 1. The van der Waals surface area contributed by atoms with E-state index in [0.29, 0.717) is 12.0 Å². The largest absolute Gasteiger partial charge is 0.349 e.